The van der Waals surface area contributed by atoms with Crippen molar-refractivity contribution in [2.45, 2.75) is 73.6 Å². The lowest BCUT2D eigenvalue weighted by molar-refractivity contribution is 0.252. The van der Waals surface area contributed by atoms with Gasteiger partial charge in [0.1, 0.15) is 57.5 Å². The Hall–Kier alpha value is -15.0. The average Bonchev–Trinajstić information content (AvgIpc) is 1.57. The summed E-state index contributed by atoms with van der Waals surface area (Å²) in [5.74, 6) is 9.35. The van der Waals surface area contributed by atoms with Crippen LogP contribution < -0.4 is 47.4 Å². The Kier molecular flexibility index (Phi) is 23.2. The van der Waals surface area contributed by atoms with Crippen molar-refractivity contribution in [2.24, 2.45) is 0 Å². The number of aryl methyl sites for hydroxylation is 6. The molecule has 646 valence electrons. The SMILES string of the molecule is Cc1ccc2c3c(ccc2c1)OCCCOc1ccc2cc(C)ccc2c1-3.Cc1ccc2c3c(ccc2c1)OCCCOc1ccc2ccc(C)cc2c1-3.Cc1ccc2c3c(ccc2c1)OCCCOc1ccc2ccccc2c1-3.Cc1ccc2ccc3c(c2c1)-c1c(ccc2ccccc12)OCCCO3.c1ccc2c3c(ccc2c1)OCCCOc1ccc2ccccc2c1-3. The van der Waals surface area contributed by atoms with E-state index in [0.29, 0.717) is 66.1 Å². The summed E-state index contributed by atoms with van der Waals surface area (Å²) in [6.45, 7) is 19.4. The summed E-state index contributed by atoms with van der Waals surface area (Å²) in [6.07, 6.45) is 4.36. The smallest absolute Gasteiger partial charge is 0.127 e. The molecule has 10 heteroatoms. The van der Waals surface area contributed by atoms with Crippen molar-refractivity contribution in [1.29, 1.82) is 0 Å². The van der Waals surface area contributed by atoms with Crippen LogP contribution in [0.3, 0.4) is 0 Å². The lowest BCUT2D eigenvalue weighted by Crippen LogP contribution is -2.03. The zero-order valence-electron chi connectivity index (χ0n) is 74.9. The van der Waals surface area contributed by atoms with Crippen molar-refractivity contribution in [3.8, 4) is 113 Å². The lowest BCUT2D eigenvalue weighted by atomic mass is 9.91. The minimum Gasteiger partial charge on any atom is -0.493 e. The van der Waals surface area contributed by atoms with E-state index in [4.69, 9.17) is 47.4 Å². The molecule has 0 amide bonds. The summed E-state index contributed by atoms with van der Waals surface area (Å²) in [6, 6.07) is 116. The topological polar surface area (TPSA) is 92.3 Å². The van der Waals surface area contributed by atoms with Gasteiger partial charge in [0.25, 0.3) is 0 Å². The molecule has 0 spiro atoms. The molecule has 0 bridgehead atoms. The van der Waals surface area contributed by atoms with Gasteiger partial charge in [0.15, 0.2) is 0 Å². The third-order valence-electron chi connectivity index (χ3n) is 25.7. The van der Waals surface area contributed by atoms with Gasteiger partial charge in [0.05, 0.1) is 66.1 Å². The molecule has 20 aromatic carbocycles. The van der Waals surface area contributed by atoms with Crippen LogP contribution in [-0.2, 0) is 0 Å². The number of hydrogen-bond acceptors (Lipinski definition) is 10. The van der Waals surface area contributed by atoms with Crippen LogP contribution in [0.2, 0.25) is 0 Å². The molecule has 25 rings (SSSR count). The average molecular weight is 1720 g/mol. The predicted molar refractivity (Wildman–Crippen MR) is 541 cm³/mol. The third-order valence-corrected chi connectivity index (χ3v) is 25.7. The number of ether oxygens (including phenoxy) is 10. The summed E-state index contributed by atoms with van der Waals surface area (Å²) in [5, 5.41) is 24.2. The van der Waals surface area contributed by atoms with Gasteiger partial charge < -0.3 is 47.4 Å². The Morgan fingerprint density at radius 3 is 0.481 bits per heavy atom. The highest BCUT2D eigenvalue weighted by atomic mass is 16.5. The Bertz CT molecular complexity index is 7640. The molecule has 0 atom stereocenters. The van der Waals surface area contributed by atoms with E-state index < -0.39 is 0 Å². The van der Waals surface area contributed by atoms with Crippen molar-refractivity contribution >= 4 is 108 Å². The molecule has 0 aliphatic carbocycles. The molecule has 5 heterocycles. The maximum absolute atomic E-state index is 6.21. The first kappa shape index (κ1) is 82.9. The van der Waals surface area contributed by atoms with Crippen LogP contribution in [0.1, 0.15) is 65.5 Å². The zero-order chi connectivity index (χ0) is 88.4. The highest BCUT2D eigenvalue weighted by Gasteiger charge is 2.28. The van der Waals surface area contributed by atoms with Gasteiger partial charge in [-0.15, -0.1) is 0 Å². The molecule has 0 N–H and O–H groups in total. The predicted octanol–water partition coefficient (Wildman–Crippen LogP) is 31.0. The fraction of sp³-hybridized carbons (Fsp3) is 0.174. The summed E-state index contributed by atoms with van der Waals surface area (Å²) in [4.78, 5) is 0. The number of fused-ring (bicyclic) bond motifs is 35. The van der Waals surface area contributed by atoms with Gasteiger partial charge in [-0.2, -0.15) is 0 Å². The molecule has 0 radical (unpaired) electrons. The Morgan fingerprint density at radius 1 is 0.130 bits per heavy atom. The molecule has 0 aromatic heterocycles. The van der Waals surface area contributed by atoms with Gasteiger partial charge in [0.2, 0.25) is 0 Å². The minimum absolute atomic E-state index is 0.662. The number of rotatable bonds is 0. The third kappa shape index (κ3) is 16.6. The van der Waals surface area contributed by atoms with E-state index in [1.165, 1.54) is 141 Å². The fourth-order valence-corrected chi connectivity index (χ4v) is 19.4. The highest BCUT2D eigenvalue weighted by Crippen LogP contribution is 2.53. The van der Waals surface area contributed by atoms with Crippen LogP contribution in [-0.4, -0.2) is 66.1 Å². The first-order valence-electron chi connectivity index (χ1n) is 46.0. The van der Waals surface area contributed by atoms with Crippen LogP contribution in [0.25, 0.3) is 163 Å². The van der Waals surface area contributed by atoms with E-state index in [-0.39, 0.29) is 0 Å². The Labute approximate surface area is 764 Å². The molecule has 0 saturated carbocycles. The second-order valence-corrected chi connectivity index (χ2v) is 34.9. The molecule has 0 saturated heterocycles. The van der Waals surface area contributed by atoms with E-state index >= 15 is 0 Å². The molecule has 131 heavy (non-hydrogen) atoms. The zero-order valence-corrected chi connectivity index (χ0v) is 74.9. The molecule has 5 aliphatic rings. The van der Waals surface area contributed by atoms with Crippen molar-refractivity contribution in [3.05, 3.63) is 361 Å². The largest absolute Gasteiger partial charge is 0.493 e. The second kappa shape index (κ2) is 36.6. The van der Waals surface area contributed by atoms with Gasteiger partial charge in [-0.3, -0.25) is 0 Å². The Balaban J connectivity index is 0.0000000989. The van der Waals surface area contributed by atoms with E-state index in [0.717, 1.165) is 145 Å². The van der Waals surface area contributed by atoms with Crippen molar-refractivity contribution in [3.63, 3.8) is 0 Å². The first-order valence-corrected chi connectivity index (χ1v) is 46.0. The standard InChI is InChI=1S/2C25H22O2.2C24H20O2.C23H18O2/c1-16-4-8-20-18(14-16)6-10-22-24(20)25-21-9-5-17(2)15-19(21)7-11-23(25)27-13-3-12-26-22;1-16-5-9-20-19(14-16)8-11-22-24(20)25-21-15-17(2)4-6-18(21)7-10-23(25)27-13-3-12-26-22;1-16-7-10-20-18(15-16)9-12-22-24(20)23-19-6-3-2-5-17(19)8-11-21(23)25-13-4-14-26-22;1-16-7-8-18-10-12-22-24(20(18)15-16)23-19-6-3-2-5-17(19)9-11-21(23)25-13-4-14-26-22;1-3-8-18-16(6-1)10-12-20-22(18)23-19-9-4-2-7-17(19)11-13-21(23)25-15-5-14-24-20/h2*4-11,14-15H,3,12-13H2,1-2H3;2*2-3,5-12,15H,4,13-14H2,1H3;1-4,6-13H,5,14-15H2. The van der Waals surface area contributed by atoms with Crippen LogP contribution >= 0.6 is 0 Å². The normalized spacial score (nSPS) is 13.7. The van der Waals surface area contributed by atoms with E-state index in [1.54, 1.807) is 0 Å². The van der Waals surface area contributed by atoms with Crippen LogP contribution in [0.5, 0.6) is 57.5 Å². The maximum atomic E-state index is 6.21. The van der Waals surface area contributed by atoms with Gasteiger partial charge in [-0.1, -0.05) is 300 Å². The summed E-state index contributed by atoms with van der Waals surface area (Å²) >= 11 is 0. The molecular weight excluding hydrogens is 1610 g/mol. The molecule has 20 aromatic rings. The van der Waals surface area contributed by atoms with Gasteiger partial charge >= 0.3 is 0 Å². The lowest BCUT2D eigenvalue weighted by Gasteiger charge is -2.18. The monoisotopic (exact) mass is 1710 g/mol. The molecule has 5 aliphatic heterocycles. The van der Waals surface area contributed by atoms with E-state index in [2.05, 4.69) is 369 Å². The van der Waals surface area contributed by atoms with Crippen molar-refractivity contribution < 1.29 is 47.4 Å². The second-order valence-electron chi connectivity index (χ2n) is 34.9. The summed E-state index contributed by atoms with van der Waals surface area (Å²) < 4.78 is 61.8. The summed E-state index contributed by atoms with van der Waals surface area (Å²) in [7, 11) is 0. The highest BCUT2D eigenvalue weighted by molar-refractivity contribution is 6.16. The van der Waals surface area contributed by atoms with Crippen LogP contribution in [0.4, 0.5) is 0 Å². The van der Waals surface area contributed by atoms with Crippen LogP contribution in [0.15, 0.2) is 328 Å². The van der Waals surface area contributed by atoms with Crippen molar-refractivity contribution in [1.82, 2.24) is 0 Å². The quantitative estimate of drug-likeness (QED) is 0.146. The molecular formula is C121H102O10. The van der Waals surface area contributed by atoms with Gasteiger partial charge in [-0.05, 0) is 210 Å². The first-order chi connectivity index (χ1) is 64.4. The van der Waals surface area contributed by atoms with Gasteiger partial charge in [0, 0.05) is 87.7 Å². The maximum Gasteiger partial charge on any atom is 0.127 e. The number of hydrogen-bond donors (Lipinski definition) is 0. The number of benzene rings is 20. The van der Waals surface area contributed by atoms with E-state index in [1.807, 2.05) is 0 Å². The molecule has 10 nitrogen and oxygen atoms in total. The fourth-order valence-electron chi connectivity index (χ4n) is 19.4. The summed E-state index contributed by atoms with van der Waals surface area (Å²) in [5.41, 5.74) is 18.9. The van der Waals surface area contributed by atoms with E-state index in [9.17, 15) is 0 Å². The Morgan fingerprint density at radius 2 is 0.275 bits per heavy atom. The van der Waals surface area contributed by atoms with Crippen molar-refractivity contribution in [2.75, 3.05) is 66.1 Å². The minimum atomic E-state index is 0.662. The molecule has 0 unspecified atom stereocenters. The van der Waals surface area contributed by atoms with Gasteiger partial charge in [-0.25, -0.2) is 0 Å². The molecule has 0 fully saturated rings. The van der Waals surface area contributed by atoms with Crippen LogP contribution in [0, 0.1) is 41.5 Å².